The minimum atomic E-state index is 0.0351. The number of nitrogens with one attached hydrogen (secondary N) is 1. The minimum absolute atomic E-state index is 0.0351. The molecule has 4 heteroatoms. The molecule has 0 aliphatic carbocycles. The highest BCUT2D eigenvalue weighted by atomic mass is 79.9. The predicted octanol–water partition coefficient (Wildman–Crippen LogP) is 1.97. The molecule has 1 aliphatic rings. The molecule has 0 bridgehead atoms. The molecule has 1 heterocycles. The molecule has 0 radical (unpaired) electrons. The molecule has 1 fully saturated rings. The Balaban J connectivity index is 2.03. The van der Waals surface area contributed by atoms with Crippen molar-refractivity contribution < 1.29 is 4.79 Å². The zero-order chi connectivity index (χ0) is 9.97. The molecule has 1 aromatic rings. The van der Waals surface area contributed by atoms with Crippen LogP contribution in [0, 0.1) is 0 Å². The normalized spacial score (nSPS) is 15.8. The number of benzene rings is 1. The standard InChI is InChI=1S/C10H11BrN2O/c11-9-3-1-8(2-4-9)7-13-6-5-12-10(13)14/h1-4H,5-7H2,(H,12,14). The van der Waals surface area contributed by atoms with Gasteiger partial charge in [-0.1, -0.05) is 28.1 Å². The molecule has 1 aromatic carbocycles. The number of nitrogens with zero attached hydrogens (tertiary/aromatic N) is 1. The van der Waals surface area contributed by atoms with Crippen LogP contribution in [0.25, 0.3) is 0 Å². The van der Waals surface area contributed by atoms with Crippen molar-refractivity contribution in [2.45, 2.75) is 6.54 Å². The SMILES string of the molecule is O=C1NCCN1Cc1ccc(Br)cc1. The van der Waals surface area contributed by atoms with Crippen molar-refractivity contribution >= 4 is 22.0 Å². The van der Waals surface area contributed by atoms with Gasteiger partial charge < -0.3 is 10.2 Å². The van der Waals surface area contributed by atoms with Crippen molar-refractivity contribution in [3.8, 4) is 0 Å². The van der Waals surface area contributed by atoms with Gasteiger partial charge in [0, 0.05) is 24.1 Å². The Morgan fingerprint density at radius 1 is 1.36 bits per heavy atom. The van der Waals surface area contributed by atoms with E-state index in [1.165, 1.54) is 0 Å². The third-order valence-corrected chi connectivity index (χ3v) is 2.76. The van der Waals surface area contributed by atoms with Crippen LogP contribution < -0.4 is 5.32 Å². The second-order valence-corrected chi connectivity index (χ2v) is 4.20. The van der Waals surface area contributed by atoms with Crippen molar-refractivity contribution in [1.29, 1.82) is 0 Å². The quantitative estimate of drug-likeness (QED) is 0.860. The van der Waals surface area contributed by atoms with Gasteiger partial charge in [-0.2, -0.15) is 0 Å². The average Bonchev–Trinajstić information content (AvgIpc) is 2.56. The molecule has 2 rings (SSSR count). The summed E-state index contributed by atoms with van der Waals surface area (Å²) in [6.07, 6.45) is 0. The molecule has 74 valence electrons. The van der Waals surface area contributed by atoms with Crippen molar-refractivity contribution in [2.24, 2.45) is 0 Å². The van der Waals surface area contributed by atoms with Crippen LogP contribution in [0.2, 0.25) is 0 Å². The van der Waals surface area contributed by atoms with Gasteiger partial charge in [0.1, 0.15) is 0 Å². The molecule has 1 aliphatic heterocycles. The highest BCUT2D eigenvalue weighted by molar-refractivity contribution is 9.10. The fourth-order valence-electron chi connectivity index (χ4n) is 1.47. The highest BCUT2D eigenvalue weighted by Gasteiger charge is 2.18. The van der Waals surface area contributed by atoms with E-state index in [1.54, 1.807) is 0 Å². The van der Waals surface area contributed by atoms with E-state index in [9.17, 15) is 4.79 Å². The number of halogens is 1. The molecule has 2 amide bonds. The van der Waals surface area contributed by atoms with Crippen LogP contribution in [0.5, 0.6) is 0 Å². The van der Waals surface area contributed by atoms with Crippen LogP contribution in [0.15, 0.2) is 28.7 Å². The van der Waals surface area contributed by atoms with Gasteiger partial charge in [-0.25, -0.2) is 4.79 Å². The fraction of sp³-hybridized carbons (Fsp3) is 0.300. The van der Waals surface area contributed by atoms with E-state index in [1.807, 2.05) is 29.2 Å². The molecule has 14 heavy (non-hydrogen) atoms. The molecule has 0 spiro atoms. The summed E-state index contributed by atoms with van der Waals surface area (Å²) in [6, 6.07) is 8.06. The van der Waals surface area contributed by atoms with Crippen LogP contribution in [0.3, 0.4) is 0 Å². The van der Waals surface area contributed by atoms with Gasteiger partial charge in [0.25, 0.3) is 0 Å². The molecule has 0 unspecified atom stereocenters. The van der Waals surface area contributed by atoms with Crippen LogP contribution >= 0.6 is 15.9 Å². The van der Waals surface area contributed by atoms with Crippen molar-refractivity contribution in [1.82, 2.24) is 10.2 Å². The fourth-order valence-corrected chi connectivity index (χ4v) is 1.74. The Morgan fingerprint density at radius 2 is 2.07 bits per heavy atom. The maximum Gasteiger partial charge on any atom is 0.317 e. The monoisotopic (exact) mass is 254 g/mol. The number of rotatable bonds is 2. The molecule has 0 atom stereocenters. The molecule has 1 N–H and O–H groups in total. The molecular formula is C10H11BrN2O. The Hall–Kier alpha value is -1.03. The van der Waals surface area contributed by atoms with E-state index in [0.29, 0.717) is 6.54 Å². The maximum atomic E-state index is 11.3. The van der Waals surface area contributed by atoms with Crippen LogP contribution in [-0.2, 0) is 6.54 Å². The lowest BCUT2D eigenvalue weighted by atomic mass is 10.2. The van der Waals surface area contributed by atoms with Crippen molar-refractivity contribution in [3.05, 3.63) is 34.3 Å². The Labute approximate surface area is 91.2 Å². The number of urea groups is 1. The Bertz CT molecular complexity index is 336. The lowest BCUT2D eigenvalue weighted by Gasteiger charge is -2.13. The summed E-state index contributed by atoms with van der Waals surface area (Å²) in [6.45, 7) is 2.25. The smallest absolute Gasteiger partial charge is 0.317 e. The van der Waals surface area contributed by atoms with Gasteiger partial charge in [0.05, 0.1) is 0 Å². The van der Waals surface area contributed by atoms with E-state index < -0.39 is 0 Å². The van der Waals surface area contributed by atoms with Gasteiger partial charge >= 0.3 is 6.03 Å². The van der Waals surface area contributed by atoms with E-state index in [0.717, 1.165) is 23.1 Å². The summed E-state index contributed by atoms with van der Waals surface area (Å²) in [5.74, 6) is 0. The summed E-state index contributed by atoms with van der Waals surface area (Å²) >= 11 is 3.38. The molecular weight excluding hydrogens is 244 g/mol. The first kappa shape index (κ1) is 9.52. The first-order valence-electron chi connectivity index (χ1n) is 4.53. The molecule has 3 nitrogen and oxygen atoms in total. The molecule has 0 saturated carbocycles. The largest absolute Gasteiger partial charge is 0.336 e. The number of carbonyl (C=O) groups is 1. The van der Waals surface area contributed by atoms with Crippen LogP contribution in [0.4, 0.5) is 4.79 Å². The summed E-state index contributed by atoms with van der Waals surface area (Å²) in [5.41, 5.74) is 1.16. The average molecular weight is 255 g/mol. The lowest BCUT2D eigenvalue weighted by Crippen LogP contribution is -2.27. The maximum absolute atomic E-state index is 11.3. The number of hydrogen-bond acceptors (Lipinski definition) is 1. The predicted molar refractivity (Wildman–Crippen MR) is 58.0 cm³/mol. The van der Waals surface area contributed by atoms with E-state index >= 15 is 0 Å². The second-order valence-electron chi connectivity index (χ2n) is 3.28. The molecule has 1 saturated heterocycles. The van der Waals surface area contributed by atoms with E-state index in [2.05, 4.69) is 21.2 Å². The van der Waals surface area contributed by atoms with Gasteiger partial charge in [-0.15, -0.1) is 0 Å². The van der Waals surface area contributed by atoms with Gasteiger partial charge in [-0.05, 0) is 17.7 Å². The van der Waals surface area contributed by atoms with Gasteiger partial charge in [0.2, 0.25) is 0 Å². The highest BCUT2D eigenvalue weighted by Crippen LogP contribution is 2.12. The summed E-state index contributed by atoms with van der Waals surface area (Å²) in [7, 11) is 0. The molecule has 0 aromatic heterocycles. The number of carbonyl (C=O) groups excluding carboxylic acids is 1. The summed E-state index contributed by atoms with van der Waals surface area (Å²) < 4.78 is 1.06. The lowest BCUT2D eigenvalue weighted by molar-refractivity contribution is 0.215. The van der Waals surface area contributed by atoms with Crippen LogP contribution in [-0.4, -0.2) is 24.0 Å². The van der Waals surface area contributed by atoms with Gasteiger partial charge in [-0.3, -0.25) is 0 Å². The zero-order valence-electron chi connectivity index (χ0n) is 7.66. The van der Waals surface area contributed by atoms with Gasteiger partial charge in [0.15, 0.2) is 0 Å². The first-order valence-corrected chi connectivity index (χ1v) is 5.32. The van der Waals surface area contributed by atoms with E-state index in [4.69, 9.17) is 0 Å². The minimum Gasteiger partial charge on any atom is -0.336 e. The summed E-state index contributed by atoms with van der Waals surface area (Å²) in [5, 5.41) is 2.78. The van der Waals surface area contributed by atoms with Crippen LogP contribution in [0.1, 0.15) is 5.56 Å². The second kappa shape index (κ2) is 4.00. The Kier molecular flexibility index (Phi) is 2.72. The zero-order valence-corrected chi connectivity index (χ0v) is 9.25. The van der Waals surface area contributed by atoms with Crippen molar-refractivity contribution in [2.75, 3.05) is 13.1 Å². The van der Waals surface area contributed by atoms with Crippen molar-refractivity contribution in [3.63, 3.8) is 0 Å². The number of hydrogen-bond donors (Lipinski definition) is 1. The van der Waals surface area contributed by atoms with E-state index in [-0.39, 0.29) is 6.03 Å². The third-order valence-electron chi connectivity index (χ3n) is 2.23. The number of amides is 2. The third kappa shape index (κ3) is 2.07. The summed E-state index contributed by atoms with van der Waals surface area (Å²) in [4.78, 5) is 13.1. The topological polar surface area (TPSA) is 32.3 Å². The first-order chi connectivity index (χ1) is 6.75. The Morgan fingerprint density at radius 3 is 2.64 bits per heavy atom.